The minimum atomic E-state index is -0.879. The Balaban J connectivity index is 0.000000278. The Bertz CT molecular complexity index is 936. The zero-order valence-electron chi connectivity index (χ0n) is 16.6. The van der Waals surface area contributed by atoms with Gasteiger partial charge in [-0.05, 0) is 38.1 Å². The van der Waals surface area contributed by atoms with Crippen LogP contribution in [0, 0.1) is 0 Å². The van der Waals surface area contributed by atoms with E-state index in [-0.39, 0.29) is 11.5 Å². The second kappa shape index (κ2) is 10.7. The molecule has 0 saturated heterocycles. The first kappa shape index (κ1) is 21.7. The number of carboxylic acid groups (broad SMARTS) is 1. The van der Waals surface area contributed by atoms with Crippen molar-refractivity contribution in [1.29, 1.82) is 0 Å². The third kappa shape index (κ3) is 5.69. The number of rotatable bonds is 6. The molecule has 3 aromatic rings. The average molecular weight is 391 g/mol. The standard InChI is InChI=1S/C17H19NO2.C7H6O2/c1-3-18(4-2)15-12-8-11-14(17(15)20)16(19)13-9-6-5-7-10-13;8-7(9)6-4-2-1-3-5-6/h5-12,20H,3-4H2,1-2H3;1-5H,(H,8,9). The van der Waals surface area contributed by atoms with Gasteiger partial charge in [0.1, 0.15) is 5.75 Å². The molecule has 3 rings (SSSR count). The average Bonchev–Trinajstić information content (AvgIpc) is 2.77. The molecule has 150 valence electrons. The number of aromatic hydroxyl groups is 1. The maximum absolute atomic E-state index is 12.4. The number of hydrogen-bond donors (Lipinski definition) is 2. The number of phenolic OH excluding ortho intramolecular Hbond substituents is 1. The first-order valence-corrected chi connectivity index (χ1v) is 9.44. The molecule has 0 aliphatic rings. The van der Waals surface area contributed by atoms with Gasteiger partial charge in [0.15, 0.2) is 5.78 Å². The van der Waals surface area contributed by atoms with E-state index in [0.717, 1.165) is 13.1 Å². The van der Waals surface area contributed by atoms with Gasteiger partial charge in [-0.25, -0.2) is 4.79 Å². The summed E-state index contributed by atoms with van der Waals surface area (Å²) in [6.07, 6.45) is 0. The number of carboxylic acids is 1. The Hall–Kier alpha value is -3.60. The largest absolute Gasteiger partial charge is 0.505 e. The van der Waals surface area contributed by atoms with Gasteiger partial charge in [0.25, 0.3) is 0 Å². The quantitative estimate of drug-likeness (QED) is 0.587. The van der Waals surface area contributed by atoms with Crippen LogP contribution in [-0.4, -0.2) is 35.1 Å². The maximum atomic E-state index is 12.4. The van der Waals surface area contributed by atoms with Gasteiger partial charge in [-0.1, -0.05) is 54.6 Å². The van der Waals surface area contributed by atoms with E-state index in [4.69, 9.17) is 5.11 Å². The molecule has 0 atom stereocenters. The lowest BCUT2D eigenvalue weighted by molar-refractivity contribution is 0.0696. The first-order chi connectivity index (χ1) is 14.0. The molecule has 5 nitrogen and oxygen atoms in total. The minimum Gasteiger partial charge on any atom is -0.505 e. The summed E-state index contributed by atoms with van der Waals surface area (Å²) in [5.74, 6) is -0.974. The van der Waals surface area contributed by atoms with Crippen LogP contribution in [0.1, 0.15) is 40.1 Å². The molecular weight excluding hydrogens is 366 g/mol. The molecular formula is C24H25NO4. The van der Waals surface area contributed by atoms with Crippen molar-refractivity contribution in [1.82, 2.24) is 0 Å². The van der Waals surface area contributed by atoms with Crippen LogP contribution < -0.4 is 4.90 Å². The summed E-state index contributed by atoms with van der Waals surface area (Å²) in [7, 11) is 0. The number of ketones is 1. The Kier molecular flexibility index (Phi) is 7.98. The van der Waals surface area contributed by atoms with E-state index in [0.29, 0.717) is 22.4 Å². The highest BCUT2D eigenvalue weighted by Crippen LogP contribution is 2.32. The van der Waals surface area contributed by atoms with Gasteiger partial charge in [0.2, 0.25) is 0 Å². The van der Waals surface area contributed by atoms with Crippen LogP contribution in [0.2, 0.25) is 0 Å². The molecule has 0 aromatic heterocycles. The Morgan fingerprint density at radius 3 is 1.72 bits per heavy atom. The van der Waals surface area contributed by atoms with Crippen molar-refractivity contribution in [3.63, 3.8) is 0 Å². The highest BCUT2D eigenvalue weighted by Gasteiger charge is 2.17. The van der Waals surface area contributed by atoms with Crippen molar-refractivity contribution in [2.75, 3.05) is 18.0 Å². The number of aromatic carboxylic acids is 1. The van der Waals surface area contributed by atoms with E-state index in [9.17, 15) is 14.7 Å². The predicted octanol–water partition coefficient (Wildman–Crippen LogP) is 4.85. The van der Waals surface area contributed by atoms with Crippen LogP contribution in [-0.2, 0) is 0 Å². The van der Waals surface area contributed by atoms with Crippen LogP contribution in [0.4, 0.5) is 5.69 Å². The van der Waals surface area contributed by atoms with Gasteiger partial charge in [0.05, 0.1) is 16.8 Å². The van der Waals surface area contributed by atoms with Crippen LogP contribution in [0.25, 0.3) is 0 Å². The van der Waals surface area contributed by atoms with Crippen LogP contribution in [0.5, 0.6) is 5.75 Å². The van der Waals surface area contributed by atoms with Gasteiger partial charge >= 0.3 is 5.97 Å². The Morgan fingerprint density at radius 2 is 1.28 bits per heavy atom. The summed E-state index contributed by atoms with van der Waals surface area (Å²) in [5.41, 5.74) is 1.97. The molecule has 0 saturated carbocycles. The molecule has 0 fully saturated rings. The molecule has 0 aliphatic carbocycles. The maximum Gasteiger partial charge on any atom is 0.335 e. The van der Waals surface area contributed by atoms with Crippen molar-refractivity contribution in [2.24, 2.45) is 0 Å². The Labute approximate surface area is 170 Å². The summed E-state index contributed by atoms with van der Waals surface area (Å²) in [4.78, 5) is 24.7. The van der Waals surface area contributed by atoms with Gasteiger partial charge in [0, 0.05) is 18.7 Å². The minimum absolute atomic E-state index is 0.0602. The zero-order valence-corrected chi connectivity index (χ0v) is 16.6. The second-order valence-corrected chi connectivity index (χ2v) is 6.21. The molecule has 0 aliphatic heterocycles. The number of phenols is 1. The topological polar surface area (TPSA) is 77.8 Å². The van der Waals surface area contributed by atoms with Crippen LogP contribution >= 0.6 is 0 Å². The summed E-state index contributed by atoms with van der Waals surface area (Å²) in [5, 5.41) is 18.8. The molecule has 29 heavy (non-hydrogen) atoms. The third-order valence-electron chi connectivity index (χ3n) is 4.42. The molecule has 0 radical (unpaired) electrons. The van der Waals surface area contributed by atoms with Crippen LogP contribution in [0.3, 0.4) is 0 Å². The normalized spacial score (nSPS) is 9.86. The van der Waals surface area contributed by atoms with Gasteiger partial charge in [-0.15, -0.1) is 0 Å². The smallest absolute Gasteiger partial charge is 0.335 e. The molecule has 5 heteroatoms. The fourth-order valence-corrected chi connectivity index (χ4v) is 2.86. The fourth-order valence-electron chi connectivity index (χ4n) is 2.86. The summed E-state index contributed by atoms with van der Waals surface area (Å²) < 4.78 is 0. The second-order valence-electron chi connectivity index (χ2n) is 6.21. The molecule has 2 N–H and O–H groups in total. The Morgan fingerprint density at radius 1 is 0.759 bits per heavy atom. The summed E-state index contributed by atoms with van der Waals surface area (Å²) >= 11 is 0. The lowest BCUT2D eigenvalue weighted by Crippen LogP contribution is -2.22. The molecule has 0 unspecified atom stereocenters. The monoisotopic (exact) mass is 391 g/mol. The van der Waals surface area contributed by atoms with E-state index in [1.54, 1.807) is 48.5 Å². The summed E-state index contributed by atoms with van der Waals surface area (Å²) in [6, 6.07) is 22.6. The van der Waals surface area contributed by atoms with Gasteiger partial charge < -0.3 is 15.1 Å². The van der Waals surface area contributed by atoms with Crippen molar-refractivity contribution >= 4 is 17.4 Å². The lowest BCUT2D eigenvalue weighted by Gasteiger charge is -2.22. The highest BCUT2D eigenvalue weighted by atomic mass is 16.4. The van der Waals surface area contributed by atoms with Gasteiger partial charge in [-0.2, -0.15) is 0 Å². The molecule has 0 spiro atoms. The first-order valence-electron chi connectivity index (χ1n) is 9.44. The van der Waals surface area contributed by atoms with E-state index >= 15 is 0 Å². The van der Waals surface area contributed by atoms with Crippen molar-refractivity contribution in [3.05, 3.63) is 95.6 Å². The van der Waals surface area contributed by atoms with Crippen molar-refractivity contribution < 1.29 is 19.8 Å². The molecule has 0 amide bonds. The van der Waals surface area contributed by atoms with Crippen molar-refractivity contribution in [3.8, 4) is 5.75 Å². The number of hydrogen-bond acceptors (Lipinski definition) is 4. The number of nitrogens with zero attached hydrogens (tertiary/aromatic N) is 1. The van der Waals surface area contributed by atoms with Crippen molar-refractivity contribution in [2.45, 2.75) is 13.8 Å². The number of anilines is 1. The van der Waals surface area contributed by atoms with Gasteiger partial charge in [-0.3, -0.25) is 4.79 Å². The SMILES string of the molecule is CCN(CC)c1cccc(C(=O)c2ccccc2)c1O.O=C(O)c1ccccc1. The predicted molar refractivity (Wildman–Crippen MR) is 115 cm³/mol. The highest BCUT2D eigenvalue weighted by molar-refractivity contribution is 6.11. The molecule has 0 heterocycles. The summed E-state index contributed by atoms with van der Waals surface area (Å²) in [6.45, 7) is 5.61. The number of para-hydroxylation sites is 1. The number of carbonyl (C=O) groups excluding carboxylic acids is 1. The lowest BCUT2D eigenvalue weighted by atomic mass is 10.0. The third-order valence-corrected chi connectivity index (χ3v) is 4.42. The van der Waals surface area contributed by atoms with Crippen LogP contribution in [0.15, 0.2) is 78.9 Å². The molecule has 3 aromatic carbocycles. The van der Waals surface area contributed by atoms with E-state index in [1.807, 2.05) is 49.1 Å². The number of benzene rings is 3. The van der Waals surface area contributed by atoms with E-state index in [1.165, 1.54) is 0 Å². The number of carbonyl (C=O) groups is 2. The fraction of sp³-hybridized carbons (Fsp3) is 0.167. The van der Waals surface area contributed by atoms with E-state index in [2.05, 4.69) is 0 Å². The van der Waals surface area contributed by atoms with E-state index < -0.39 is 5.97 Å². The zero-order chi connectivity index (χ0) is 21.2. The molecule has 0 bridgehead atoms.